The molecular formula is C100H60O2. The van der Waals surface area contributed by atoms with E-state index in [1.54, 1.807) is 0 Å². The van der Waals surface area contributed by atoms with Crippen molar-refractivity contribution in [3.05, 3.63) is 363 Å². The minimum absolute atomic E-state index is 0.497. The zero-order valence-electron chi connectivity index (χ0n) is 111. The van der Waals surface area contributed by atoms with Gasteiger partial charge in [0, 0.05) is 21.5 Å². The molecule has 0 saturated heterocycles. The minimum atomic E-state index is -1.15. The maximum absolute atomic E-state index is 9.77. The lowest BCUT2D eigenvalue weighted by molar-refractivity contribution is 0.669. The van der Waals surface area contributed by atoms with E-state index >= 15 is 0 Å². The van der Waals surface area contributed by atoms with Gasteiger partial charge in [-0.05, 0) is 217 Å². The summed E-state index contributed by atoms with van der Waals surface area (Å²) in [6.07, 6.45) is 0. The fourth-order valence-electron chi connectivity index (χ4n) is 12.9. The number of hydrogen-bond donors (Lipinski definition) is 0. The van der Waals surface area contributed by atoms with E-state index in [1.807, 2.05) is 0 Å². The second-order valence-electron chi connectivity index (χ2n) is 22.5. The SMILES string of the molecule is [2H]c1c([2H])c(-c2c([2H])c([2H])c([2H])c3c2c([2H])c([2H])c2c([2H])c([2H])c([2H])c([2H])c23)c([2H])c([2H])c1-c1c2c([2H])c([2H])c([2H])c([2H])c2c(-c2c([2H])c([2H])c([2H])c3oc4c([2H])c5c([2H])c([2H])c([2H])c([2H])c5c([2H])c4c23)c2c([2H])c([2H])c([2H])c([2H])c12.[2H]c1c([2H])c(-c2c([2H])c3c([2H])c([2H])c([2H])c([2H])c3c3c([2H])c([2H])c([2H])c([2H])c23)c([2H])c([2H])c1-c1c2c([2H])c([2H])c([2H])c([2H])c2c(-c2c([2H])c([2H])c([2H])c3oc4c([2H])c5c([2H])c([2H])c([2H])c([2H])c5c([2H])c4c23)c2c([2H])c([2H])c([2H])c([2H])c12. The van der Waals surface area contributed by atoms with Crippen LogP contribution in [0.15, 0.2) is 371 Å². The van der Waals surface area contributed by atoms with Gasteiger partial charge in [0.2, 0.25) is 0 Å². The average molecular weight is 1350 g/mol. The van der Waals surface area contributed by atoms with Crippen LogP contribution in [0.1, 0.15) is 82.2 Å². The van der Waals surface area contributed by atoms with E-state index in [0.29, 0.717) is 0 Å². The summed E-state index contributed by atoms with van der Waals surface area (Å²) >= 11 is 0. The Labute approximate surface area is 671 Å². The van der Waals surface area contributed by atoms with Gasteiger partial charge >= 0.3 is 0 Å². The Kier molecular flexibility index (Phi) is 5.42. The average Bonchev–Trinajstić information content (AvgIpc) is 1.23. The highest BCUT2D eigenvalue weighted by Gasteiger charge is 2.24. The van der Waals surface area contributed by atoms with Crippen LogP contribution in [0, 0.1) is 0 Å². The molecule has 0 atom stereocenters. The minimum Gasteiger partial charge on any atom is -0.456 e. The zero-order chi connectivity index (χ0) is 119. The molecule has 0 fully saturated rings. The van der Waals surface area contributed by atoms with Crippen molar-refractivity contribution < 1.29 is 91.1 Å². The van der Waals surface area contributed by atoms with Gasteiger partial charge in [-0.15, -0.1) is 0 Å². The van der Waals surface area contributed by atoms with E-state index in [1.165, 1.54) is 0 Å². The molecule has 0 radical (unpaired) electrons. The lowest BCUT2D eigenvalue weighted by Gasteiger charge is -2.18. The highest BCUT2D eigenvalue weighted by molar-refractivity contribution is 6.29. The monoisotopic (exact) mass is 1350 g/mol. The summed E-state index contributed by atoms with van der Waals surface area (Å²) in [5.41, 5.74) is -12.2. The van der Waals surface area contributed by atoms with E-state index in [-0.39, 0.29) is 0 Å². The fraction of sp³-hybridized carbons (Fsp3) is 0. The third kappa shape index (κ3) is 9.06. The van der Waals surface area contributed by atoms with Gasteiger partial charge in [0.15, 0.2) is 0 Å². The molecule has 0 saturated carbocycles. The second kappa shape index (κ2) is 23.1. The molecule has 0 unspecified atom stereocenters. The lowest BCUT2D eigenvalue weighted by atomic mass is 9.84. The summed E-state index contributed by atoms with van der Waals surface area (Å²) in [7, 11) is 0. The Morgan fingerprint density at radius 2 is 0.461 bits per heavy atom. The third-order valence-corrected chi connectivity index (χ3v) is 17.1. The molecule has 102 heavy (non-hydrogen) atoms. The van der Waals surface area contributed by atoms with Crippen LogP contribution in [0.5, 0.6) is 0 Å². The molecule has 0 spiro atoms. The molecule has 0 amide bonds. The van der Waals surface area contributed by atoms with Crippen molar-refractivity contribution in [3.63, 3.8) is 0 Å². The molecule has 20 aromatic carbocycles. The molecule has 0 aliphatic heterocycles. The van der Waals surface area contributed by atoms with Crippen LogP contribution < -0.4 is 0 Å². The summed E-state index contributed by atoms with van der Waals surface area (Å²) < 4.78 is 557. The molecule has 0 aliphatic carbocycles. The quantitative estimate of drug-likeness (QED) is 0.123. The van der Waals surface area contributed by atoms with Crippen molar-refractivity contribution in [1.82, 2.24) is 0 Å². The lowest BCUT2D eigenvalue weighted by Crippen LogP contribution is -1.91. The van der Waals surface area contributed by atoms with E-state index < -0.39 is 581 Å². The van der Waals surface area contributed by atoms with Gasteiger partial charge in [-0.25, -0.2) is 0 Å². The van der Waals surface area contributed by atoms with Crippen molar-refractivity contribution >= 4 is 152 Å². The maximum atomic E-state index is 9.77. The van der Waals surface area contributed by atoms with Gasteiger partial charge in [0.05, 0.1) is 82.2 Å². The van der Waals surface area contributed by atoms with Crippen LogP contribution in [-0.2, 0) is 0 Å². The van der Waals surface area contributed by atoms with E-state index in [0.717, 1.165) is 0 Å². The van der Waals surface area contributed by atoms with Crippen molar-refractivity contribution in [2.45, 2.75) is 0 Å². The molecule has 2 heteroatoms. The van der Waals surface area contributed by atoms with Crippen molar-refractivity contribution in [2.24, 2.45) is 0 Å². The Bertz CT molecular complexity index is 10800. The van der Waals surface area contributed by atoms with Gasteiger partial charge in [0.25, 0.3) is 0 Å². The fourth-order valence-corrected chi connectivity index (χ4v) is 12.9. The standard InChI is InChI=1S/2C50H30O/c1-2-13-35-30-47-45(29-34(35)12-1)50-44(21-10-22-46(50)51-47)49-42-17-7-5-15-40(42)48(41-16-6-8-18-43(41)49)33-25-23-32(24-26-33)37-19-9-20-38-36-14-4-3-11-31(36)27-28-39(37)38;1-2-13-34-30-47-45(28-33(34)12-1)50-43(22-11-23-46(50)51-47)49-41-20-9-7-18-39(41)48(40-19-8-10-21-42(40)49)32-26-24-31(25-27-32)44-29-35-14-3-4-15-36(35)37-16-5-6-17-38(37)44/h2*1-30H/i2*1D,2D,3D,4D,5D,6D,7D,8D,9D,10D,11D,12D,13D,14D,15D,16D,17D,18D,19D,20D,21D,22D,23D,24D,25D,26D,27D,28D,29D,30D. The molecule has 472 valence electrons. The first-order valence-electron chi connectivity index (χ1n) is 60.3. The van der Waals surface area contributed by atoms with E-state index in [2.05, 4.69) is 0 Å². The molecule has 0 bridgehead atoms. The number of rotatable bonds is 6. The van der Waals surface area contributed by atoms with E-state index in [9.17, 15) is 32.9 Å². The van der Waals surface area contributed by atoms with Crippen LogP contribution in [0.2, 0.25) is 0 Å². The first-order chi connectivity index (χ1) is 75.6. The molecule has 2 aromatic heterocycles. The molecule has 22 aromatic rings. The van der Waals surface area contributed by atoms with Crippen molar-refractivity contribution in [1.29, 1.82) is 0 Å². The van der Waals surface area contributed by atoms with Crippen LogP contribution >= 0.6 is 0 Å². The van der Waals surface area contributed by atoms with Crippen molar-refractivity contribution in [2.75, 3.05) is 0 Å². The summed E-state index contributed by atoms with van der Waals surface area (Å²) in [5, 5.41) is -15.2. The Balaban J connectivity index is 0.000000186. The highest BCUT2D eigenvalue weighted by atomic mass is 16.3. The molecule has 2 heterocycles. The topological polar surface area (TPSA) is 26.3 Å². The first kappa shape index (κ1) is 23.9. The highest BCUT2D eigenvalue weighted by Crippen LogP contribution is 2.51. The third-order valence-electron chi connectivity index (χ3n) is 17.1. The van der Waals surface area contributed by atoms with Crippen LogP contribution in [-0.4, -0.2) is 0 Å². The molecular weight excluding hydrogens is 1230 g/mol. The summed E-state index contributed by atoms with van der Waals surface area (Å²) in [4.78, 5) is 0. The van der Waals surface area contributed by atoms with Crippen LogP contribution in [0.4, 0.5) is 0 Å². The summed E-state index contributed by atoms with van der Waals surface area (Å²) in [5.74, 6) is 0. The number of hydrogen-bond acceptors (Lipinski definition) is 2. The van der Waals surface area contributed by atoms with Crippen LogP contribution in [0.25, 0.3) is 218 Å². The largest absolute Gasteiger partial charge is 0.456 e. The maximum Gasteiger partial charge on any atom is 0.136 e. The van der Waals surface area contributed by atoms with Gasteiger partial charge in [0.1, 0.15) is 22.3 Å². The normalized spacial score (nSPS) is 20.2. The predicted octanol–water partition coefficient (Wildman–Crippen LogP) is 28.7. The van der Waals surface area contributed by atoms with Gasteiger partial charge in [-0.1, -0.05) is 320 Å². The molecule has 2 nitrogen and oxygen atoms in total. The number of fused-ring (bicyclic) bond motifs is 18. The first-order valence-corrected chi connectivity index (χ1v) is 30.3. The summed E-state index contributed by atoms with van der Waals surface area (Å²) in [6, 6.07) is -56.3. The number of benzene rings is 20. The second-order valence-corrected chi connectivity index (χ2v) is 22.5. The molecule has 0 aliphatic rings. The Hall–Kier alpha value is -13.4. The predicted molar refractivity (Wildman–Crippen MR) is 435 cm³/mol. The molecule has 0 N–H and O–H groups in total. The Morgan fingerprint density at radius 1 is 0.157 bits per heavy atom. The summed E-state index contributed by atoms with van der Waals surface area (Å²) in [6.45, 7) is 0. The van der Waals surface area contributed by atoms with Gasteiger partial charge in [-0.3, -0.25) is 0 Å². The van der Waals surface area contributed by atoms with Crippen LogP contribution in [0.3, 0.4) is 0 Å². The number of furan rings is 2. The van der Waals surface area contributed by atoms with Crippen molar-refractivity contribution in [3.8, 4) is 66.8 Å². The zero-order valence-corrected chi connectivity index (χ0v) is 50.8. The van der Waals surface area contributed by atoms with Gasteiger partial charge < -0.3 is 8.83 Å². The van der Waals surface area contributed by atoms with E-state index in [4.69, 9.17) is 58.2 Å². The smallest absolute Gasteiger partial charge is 0.136 e. The van der Waals surface area contributed by atoms with Gasteiger partial charge in [-0.2, -0.15) is 0 Å². The molecule has 22 rings (SSSR count). The Morgan fingerprint density at radius 3 is 0.912 bits per heavy atom.